The van der Waals surface area contributed by atoms with Gasteiger partial charge in [-0.1, -0.05) is 117 Å². The molecular weight excluding hydrogens is 474 g/mol. The van der Waals surface area contributed by atoms with E-state index in [1.165, 1.54) is 83.5 Å². The average molecular weight is 527 g/mol. The van der Waals surface area contributed by atoms with Crippen molar-refractivity contribution in [3.63, 3.8) is 0 Å². The standard InChI is InChI=1S/C26H50N2O6.2FH/c1-3-4-5-6-7-8-9-10-11-12-13-14-15-16-17-18-19-21(2)26(27,28)20-25(22(29)30,23(31)32)24(33)34;;/h21H,3-20,27-28H2,1-2H3,(H,29,30)(H,31,32)(H,33,34);2*1H. The second kappa shape index (κ2) is 21.3. The highest BCUT2D eigenvalue weighted by atomic mass is 19.0. The van der Waals surface area contributed by atoms with E-state index in [1.54, 1.807) is 6.92 Å². The molecular formula is C26H52F2N2O6. The molecule has 7 N–H and O–H groups in total. The van der Waals surface area contributed by atoms with Crippen molar-refractivity contribution in [2.75, 3.05) is 0 Å². The minimum absolute atomic E-state index is 0. The van der Waals surface area contributed by atoms with Gasteiger partial charge in [-0.05, 0) is 12.3 Å². The smallest absolute Gasteiger partial charge is 0.332 e. The van der Waals surface area contributed by atoms with Crippen LogP contribution >= 0.6 is 0 Å². The number of nitrogens with two attached hydrogens (primary N) is 2. The molecule has 0 aromatic heterocycles. The summed E-state index contributed by atoms with van der Waals surface area (Å²) >= 11 is 0. The number of carbonyl (C=O) groups is 3. The number of hydrogen-bond acceptors (Lipinski definition) is 5. The molecule has 216 valence electrons. The molecule has 36 heavy (non-hydrogen) atoms. The molecule has 0 aromatic carbocycles. The maximum Gasteiger partial charge on any atom is 0.332 e. The summed E-state index contributed by atoms with van der Waals surface area (Å²) in [5, 5.41) is 27.8. The number of rotatable bonds is 23. The van der Waals surface area contributed by atoms with E-state index in [9.17, 15) is 29.7 Å². The first kappa shape index (κ1) is 38.7. The molecule has 0 amide bonds. The first-order valence-electron chi connectivity index (χ1n) is 13.3. The molecule has 0 aliphatic heterocycles. The van der Waals surface area contributed by atoms with Crippen molar-refractivity contribution in [1.82, 2.24) is 0 Å². The fraction of sp³-hybridized carbons (Fsp3) is 0.885. The summed E-state index contributed by atoms with van der Waals surface area (Å²) in [4.78, 5) is 34.3. The zero-order valence-electron chi connectivity index (χ0n) is 22.3. The van der Waals surface area contributed by atoms with Gasteiger partial charge in [0.05, 0.1) is 5.66 Å². The van der Waals surface area contributed by atoms with Crippen LogP contribution in [-0.2, 0) is 14.4 Å². The van der Waals surface area contributed by atoms with Gasteiger partial charge in [-0.15, -0.1) is 0 Å². The second-order valence-electron chi connectivity index (χ2n) is 10.1. The average Bonchev–Trinajstić information content (AvgIpc) is 2.76. The van der Waals surface area contributed by atoms with Crippen molar-refractivity contribution in [2.45, 2.75) is 135 Å². The van der Waals surface area contributed by atoms with Crippen LogP contribution in [-0.4, -0.2) is 38.9 Å². The minimum Gasteiger partial charge on any atom is -0.480 e. The Morgan fingerprint density at radius 3 is 1.17 bits per heavy atom. The van der Waals surface area contributed by atoms with Crippen molar-refractivity contribution in [3.8, 4) is 0 Å². The van der Waals surface area contributed by atoms with E-state index in [0.29, 0.717) is 6.42 Å². The molecule has 0 aliphatic rings. The van der Waals surface area contributed by atoms with Crippen molar-refractivity contribution < 1.29 is 39.1 Å². The summed E-state index contributed by atoms with van der Waals surface area (Å²) < 4.78 is 0. The normalized spacial score (nSPS) is 12.3. The SMILES string of the molecule is CCCCCCCCCCCCCCCCCCC(C)C(N)(N)CC(C(=O)O)(C(=O)O)C(=O)O.F.F. The van der Waals surface area contributed by atoms with Gasteiger partial charge in [0.15, 0.2) is 0 Å². The number of halogens is 2. The third-order valence-corrected chi connectivity index (χ3v) is 7.07. The van der Waals surface area contributed by atoms with E-state index in [1.807, 2.05) is 0 Å². The van der Waals surface area contributed by atoms with Gasteiger partial charge in [-0.2, -0.15) is 0 Å². The Balaban J connectivity index is -0.00000544. The highest BCUT2D eigenvalue weighted by Crippen LogP contribution is 2.32. The molecule has 0 spiro atoms. The number of aliphatic carboxylic acids is 3. The Labute approximate surface area is 215 Å². The van der Waals surface area contributed by atoms with Crippen molar-refractivity contribution in [3.05, 3.63) is 0 Å². The highest BCUT2D eigenvalue weighted by Gasteiger charge is 2.58. The largest absolute Gasteiger partial charge is 0.480 e. The fourth-order valence-corrected chi connectivity index (χ4v) is 4.40. The van der Waals surface area contributed by atoms with Crippen molar-refractivity contribution in [2.24, 2.45) is 22.8 Å². The summed E-state index contributed by atoms with van der Waals surface area (Å²) in [6, 6.07) is 0. The van der Waals surface area contributed by atoms with Gasteiger partial charge in [-0.3, -0.25) is 23.8 Å². The van der Waals surface area contributed by atoms with Crippen LogP contribution in [0.4, 0.5) is 9.41 Å². The van der Waals surface area contributed by atoms with Gasteiger partial charge < -0.3 is 26.8 Å². The van der Waals surface area contributed by atoms with E-state index in [0.717, 1.165) is 19.3 Å². The van der Waals surface area contributed by atoms with E-state index in [4.69, 9.17) is 11.5 Å². The molecule has 0 fully saturated rings. The number of carboxylic acids is 3. The molecule has 0 bridgehead atoms. The first-order valence-corrected chi connectivity index (χ1v) is 13.3. The summed E-state index contributed by atoms with van der Waals surface area (Å²) in [5.74, 6) is -6.33. The van der Waals surface area contributed by atoms with Crippen LogP contribution in [0.15, 0.2) is 0 Å². The van der Waals surface area contributed by atoms with Crippen LogP contribution in [0.1, 0.15) is 129 Å². The molecule has 1 atom stereocenters. The summed E-state index contributed by atoms with van der Waals surface area (Å²) in [5.41, 5.74) is 7.26. The second-order valence-corrected chi connectivity index (χ2v) is 10.1. The van der Waals surface area contributed by atoms with Gasteiger partial charge in [0, 0.05) is 6.42 Å². The summed E-state index contributed by atoms with van der Waals surface area (Å²) in [7, 11) is 0. The lowest BCUT2D eigenvalue weighted by Crippen LogP contribution is -2.62. The molecule has 0 heterocycles. The van der Waals surface area contributed by atoms with E-state index in [-0.39, 0.29) is 9.41 Å². The topological polar surface area (TPSA) is 164 Å². The van der Waals surface area contributed by atoms with Gasteiger partial charge >= 0.3 is 17.9 Å². The molecule has 0 rings (SSSR count). The maximum atomic E-state index is 11.4. The van der Waals surface area contributed by atoms with Crippen LogP contribution < -0.4 is 11.5 Å². The maximum absolute atomic E-state index is 11.4. The van der Waals surface area contributed by atoms with E-state index in [2.05, 4.69) is 6.92 Å². The quantitative estimate of drug-likeness (QED) is 0.0631. The van der Waals surface area contributed by atoms with Crippen molar-refractivity contribution >= 4 is 17.9 Å². The molecule has 0 aliphatic carbocycles. The molecule has 0 radical (unpaired) electrons. The molecule has 0 aromatic rings. The third kappa shape index (κ3) is 14.7. The highest BCUT2D eigenvalue weighted by molar-refractivity contribution is 6.16. The predicted molar refractivity (Wildman–Crippen MR) is 139 cm³/mol. The minimum atomic E-state index is -3.05. The molecule has 0 saturated carbocycles. The van der Waals surface area contributed by atoms with Crippen molar-refractivity contribution in [1.29, 1.82) is 0 Å². The lowest BCUT2D eigenvalue weighted by Gasteiger charge is -2.36. The monoisotopic (exact) mass is 526 g/mol. The number of unbranched alkanes of at least 4 members (excludes halogenated alkanes) is 15. The molecule has 1 unspecified atom stereocenters. The van der Waals surface area contributed by atoms with Crippen LogP contribution in [0.25, 0.3) is 0 Å². The van der Waals surface area contributed by atoms with Gasteiger partial charge in [0.25, 0.3) is 5.41 Å². The molecule has 10 heteroatoms. The Hall–Kier alpha value is -1.81. The van der Waals surface area contributed by atoms with E-state index < -0.39 is 41.3 Å². The number of carboxylic acid groups (broad SMARTS) is 3. The Bertz CT molecular complexity index is 569. The van der Waals surface area contributed by atoms with Gasteiger partial charge in [-0.25, -0.2) is 0 Å². The van der Waals surface area contributed by atoms with Gasteiger partial charge in [0.2, 0.25) is 0 Å². The molecule has 0 saturated heterocycles. The summed E-state index contributed by atoms with van der Waals surface area (Å²) in [6.45, 7) is 3.96. The first-order chi connectivity index (χ1) is 16.0. The van der Waals surface area contributed by atoms with Crippen LogP contribution in [0.3, 0.4) is 0 Å². The molecule has 8 nitrogen and oxygen atoms in total. The predicted octanol–water partition coefficient (Wildman–Crippen LogP) is 5.82. The Morgan fingerprint density at radius 2 is 0.889 bits per heavy atom. The van der Waals surface area contributed by atoms with E-state index >= 15 is 0 Å². The lowest BCUT2D eigenvalue weighted by molar-refractivity contribution is -0.178. The third-order valence-electron chi connectivity index (χ3n) is 7.07. The van der Waals surface area contributed by atoms with Crippen LogP contribution in [0.2, 0.25) is 0 Å². The van der Waals surface area contributed by atoms with Gasteiger partial charge in [0.1, 0.15) is 0 Å². The summed E-state index contributed by atoms with van der Waals surface area (Å²) in [6.07, 6.45) is 19.8. The van der Waals surface area contributed by atoms with Crippen LogP contribution in [0, 0.1) is 11.3 Å². The zero-order chi connectivity index (χ0) is 26.0. The lowest BCUT2D eigenvalue weighted by atomic mass is 9.74. The fourth-order valence-electron chi connectivity index (χ4n) is 4.40. The zero-order valence-corrected chi connectivity index (χ0v) is 22.3. The number of hydrogen-bond donors (Lipinski definition) is 5. The van der Waals surface area contributed by atoms with Crippen LogP contribution in [0.5, 0.6) is 0 Å². The Kier molecular flexibility index (Phi) is 22.9. The Morgan fingerprint density at radius 1 is 0.611 bits per heavy atom.